The van der Waals surface area contributed by atoms with Crippen LogP contribution in [0.25, 0.3) is 0 Å². The van der Waals surface area contributed by atoms with Gasteiger partial charge in [0.05, 0.1) is 6.04 Å². The molecule has 35 heavy (non-hydrogen) atoms. The van der Waals surface area contributed by atoms with Gasteiger partial charge in [-0.1, -0.05) is 60.8 Å². The van der Waals surface area contributed by atoms with Gasteiger partial charge in [-0.05, 0) is 62.3 Å². The van der Waals surface area contributed by atoms with E-state index in [4.69, 9.17) is 11.6 Å². The summed E-state index contributed by atoms with van der Waals surface area (Å²) in [4.78, 5) is 30.4. The van der Waals surface area contributed by atoms with Gasteiger partial charge in [-0.2, -0.15) is 0 Å². The normalized spacial score (nSPS) is 18.7. The summed E-state index contributed by atoms with van der Waals surface area (Å²) in [5.74, 6) is 0.539. The number of halogens is 1. The lowest BCUT2D eigenvalue weighted by Gasteiger charge is -2.41. The third-order valence-electron chi connectivity index (χ3n) is 7.28. The van der Waals surface area contributed by atoms with E-state index in [1.165, 1.54) is 18.4 Å². The first-order valence-electron chi connectivity index (χ1n) is 12.9. The van der Waals surface area contributed by atoms with Crippen LogP contribution in [0.5, 0.6) is 0 Å². The summed E-state index contributed by atoms with van der Waals surface area (Å²) in [6.07, 6.45) is 6.47. The van der Waals surface area contributed by atoms with Gasteiger partial charge in [0.25, 0.3) is 0 Å². The number of nitrogens with zero attached hydrogens (tertiary/aromatic N) is 2. The number of carbonyl (C=O) groups excluding carboxylic acids is 2. The zero-order valence-electron chi connectivity index (χ0n) is 20.6. The Kier molecular flexibility index (Phi) is 9.05. The lowest BCUT2D eigenvalue weighted by atomic mass is 9.94. The second-order valence-corrected chi connectivity index (χ2v) is 10.3. The maximum absolute atomic E-state index is 13.5. The summed E-state index contributed by atoms with van der Waals surface area (Å²) < 4.78 is 0. The Balaban J connectivity index is 1.31. The first-order chi connectivity index (χ1) is 17.0. The average molecular weight is 497 g/mol. The number of amides is 3. The van der Waals surface area contributed by atoms with Crippen LogP contribution in [0, 0.1) is 5.92 Å². The van der Waals surface area contributed by atoms with E-state index >= 15 is 0 Å². The van der Waals surface area contributed by atoms with Gasteiger partial charge in [0.1, 0.15) is 0 Å². The highest BCUT2D eigenvalue weighted by Crippen LogP contribution is 2.31. The summed E-state index contributed by atoms with van der Waals surface area (Å²) >= 11 is 6.04. The van der Waals surface area contributed by atoms with E-state index in [9.17, 15) is 9.59 Å². The highest BCUT2D eigenvalue weighted by molar-refractivity contribution is 6.30. The third kappa shape index (κ3) is 7.21. The zero-order valence-corrected chi connectivity index (χ0v) is 21.3. The fourth-order valence-electron chi connectivity index (χ4n) is 5.35. The Hall–Kier alpha value is -2.57. The number of nitrogens with one attached hydrogen (secondary N) is 2. The molecule has 2 atom stereocenters. The molecule has 188 valence electrons. The van der Waals surface area contributed by atoms with Crippen molar-refractivity contribution in [3.63, 3.8) is 0 Å². The number of rotatable bonds is 8. The quantitative estimate of drug-likeness (QED) is 0.529. The molecule has 2 N–H and O–H groups in total. The molecule has 2 aromatic rings. The fraction of sp³-hybridized carbons (Fsp3) is 0.500. The standard InChI is InChI=1S/C28H37ClN4O2/c1-21(14-15-22-8-3-2-4-9-22)30-27(34)26(23-10-5-6-11-23)32-16-18-33(19-17-32)28(35)31-25-13-7-12-24(29)20-25/h2-4,7-9,12-13,20-21,23,26H,5-6,10-11,14-19H2,1H3,(H,30,34)(H,31,35)/t21-,26-/m0/s1. The largest absolute Gasteiger partial charge is 0.352 e. The van der Waals surface area contributed by atoms with Crippen molar-refractivity contribution < 1.29 is 9.59 Å². The molecule has 4 rings (SSSR count). The van der Waals surface area contributed by atoms with Crippen LogP contribution in [0.1, 0.15) is 44.6 Å². The third-order valence-corrected chi connectivity index (χ3v) is 7.52. The monoisotopic (exact) mass is 496 g/mol. The summed E-state index contributed by atoms with van der Waals surface area (Å²) in [5, 5.41) is 6.84. The lowest BCUT2D eigenvalue weighted by Crippen LogP contribution is -2.59. The van der Waals surface area contributed by atoms with Crippen LogP contribution < -0.4 is 10.6 Å². The molecule has 1 saturated carbocycles. The van der Waals surface area contributed by atoms with Crippen LogP contribution in [-0.4, -0.2) is 60.0 Å². The molecule has 0 unspecified atom stereocenters. The minimum atomic E-state index is -0.122. The van der Waals surface area contributed by atoms with Crippen molar-refractivity contribution in [3.8, 4) is 0 Å². The molecule has 2 aliphatic rings. The molecule has 1 aliphatic carbocycles. The van der Waals surface area contributed by atoms with Crippen LogP contribution in [-0.2, 0) is 11.2 Å². The number of benzene rings is 2. The van der Waals surface area contributed by atoms with Crippen LogP contribution >= 0.6 is 11.6 Å². The van der Waals surface area contributed by atoms with Crippen molar-refractivity contribution >= 4 is 29.2 Å². The first kappa shape index (κ1) is 25.5. The minimum Gasteiger partial charge on any atom is -0.352 e. The molecule has 1 saturated heterocycles. The Morgan fingerprint density at radius 1 is 1.00 bits per heavy atom. The van der Waals surface area contributed by atoms with Gasteiger partial charge in [-0.3, -0.25) is 9.69 Å². The van der Waals surface area contributed by atoms with E-state index in [1.807, 2.05) is 23.1 Å². The second-order valence-electron chi connectivity index (χ2n) is 9.89. The predicted molar refractivity (Wildman–Crippen MR) is 142 cm³/mol. The molecule has 6 nitrogen and oxygen atoms in total. The molecule has 3 amide bonds. The first-order valence-corrected chi connectivity index (χ1v) is 13.3. The number of urea groups is 1. The number of piperazine rings is 1. The summed E-state index contributed by atoms with van der Waals surface area (Å²) in [6.45, 7) is 4.72. The summed E-state index contributed by atoms with van der Waals surface area (Å²) in [5.41, 5.74) is 1.99. The smallest absolute Gasteiger partial charge is 0.321 e. The highest BCUT2D eigenvalue weighted by atomic mass is 35.5. The Labute approximate surface area is 214 Å². The van der Waals surface area contributed by atoms with Gasteiger partial charge in [0, 0.05) is 42.9 Å². The van der Waals surface area contributed by atoms with Gasteiger partial charge < -0.3 is 15.5 Å². The second kappa shape index (κ2) is 12.4. The van der Waals surface area contributed by atoms with Gasteiger partial charge in [0.2, 0.25) is 5.91 Å². The molecule has 0 spiro atoms. The molecular weight excluding hydrogens is 460 g/mol. The van der Waals surface area contributed by atoms with E-state index in [1.54, 1.807) is 12.1 Å². The van der Waals surface area contributed by atoms with Gasteiger partial charge in [-0.25, -0.2) is 4.79 Å². The van der Waals surface area contributed by atoms with E-state index in [0.717, 1.165) is 25.7 Å². The Bertz CT molecular complexity index is 972. The molecule has 7 heteroatoms. The zero-order chi connectivity index (χ0) is 24.6. The molecule has 1 heterocycles. The van der Waals surface area contributed by atoms with Crippen LogP contribution in [0.2, 0.25) is 5.02 Å². The number of hydrogen-bond donors (Lipinski definition) is 2. The molecule has 2 fully saturated rings. The molecule has 2 aromatic carbocycles. The van der Waals surface area contributed by atoms with Gasteiger partial charge in [-0.15, -0.1) is 0 Å². The minimum absolute atomic E-state index is 0.116. The van der Waals surface area contributed by atoms with Crippen LogP contribution in [0.3, 0.4) is 0 Å². The molecule has 1 aliphatic heterocycles. The fourth-order valence-corrected chi connectivity index (χ4v) is 5.54. The van der Waals surface area contributed by atoms with Crippen molar-refractivity contribution in [2.75, 3.05) is 31.5 Å². The SMILES string of the molecule is C[C@@H](CCc1ccccc1)NC(=O)[C@H](C1CCCC1)N1CCN(C(=O)Nc2cccc(Cl)c2)CC1. The van der Waals surface area contributed by atoms with Gasteiger partial charge >= 0.3 is 6.03 Å². The van der Waals surface area contributed by atoms with Crippen molar-refractivity contribution in [3.05, 3.63) is 65.2 Å². The van der Waals surface area contributed by atoms with Crippen LogP contribution in [0.4, 0.5) is 10.5 Å². The Morgan fingerprint density at radius 3 is 2.40 bits per heavy atom. The van der Waals surface area contributed by atoms with E-state index in [-0.39, 0.29) is 24.0 Å². The molecule has 0 radical (unpaired) electrons. The van der Waals surface area contributed by atoms with E-state index < -0.39 is 0 Å². The van der Waals surface area contributed by atoms with Gasteiger partial charge in [0.15, 0.2) is 0 Å². The molecule has 0 bridgehead atoms. The van der Waals surface area contributed by atoms with Crippen LogP contribution in [0.15, 0.2) is 54.6 Å². The highest BCUT2D eigenvalue weighted by Gasteiger charge is 2.37. The number of aryl methyl sites for hydroxylation is 1. The summed E-state index contributed by atoms with van der Waals surface area (Å²) in [6, 6.07) is 17.5. The van der Waals surface area contributed by atoms with E-state index in [0.29, 0.717) is 42.8 Å². The number of anilines is 1. The number of carbonyl (C=O) groups is 2. The average Bonchev–Trinajstić information content (AvgIpc) is 3.38. The van der Waals surface area contributed by atoms with Crippen molar-refractivity contribution in [1.82, 2.24) is 15.1 Å². The lowest BCUT2D eigenvalue weighted by molar-refractivity contribution is -0.129. The molecular formula is C28H37ClN4O2. The Morgan fingerprint density at radius 2 is 1.71 bits per heavy atom. The van der Waals surface area contributed by atoms with Crippen molar-refractivity contribution in [2.24, 2.45) is 5.92 Å². The van der Waals surface area contributed by atoms with Crippen molar-refractivity contribution in [2.45, 2.75) is 57.5 Å². The predicted octanol–water partition coefficient (Wildman–Crippen LogP) is 5.19. The maximum Gasteiger partial charge on any atom is 0.321 e. The molecule has 0 aromatic heterocycles. The van der Waals surface area contributed by atoms with Crippen molar-refractivity contribution in [1.29, 1.82) is 0 Å². The topological polar surface area (TPSA) is 64.7 Å². The summed E-state index contributed by atoms with van der Waals surface area (Å²) in [7, 11) is 0. The maximum atomic E-state index is 13.5. The van der Waals surface area contributed by atoms with E-state index in [2.05, 4.69) is 46.7 Å². The number of hydrogen-bond acceptors (Lipinski definition) is 3.